The molecule has 0 aliphatic rings. The van der Waals surface area contributed by atoms with E-state index in [2.05, 4.69) is 231 Å². The number of hydrogen-bond donors (Lipinski definition) is 0. The fourth-order valence-corrected chi connectivity index (χ4v) is 8.78. The molecule has 4 heteroatoms. The van der Waals surface area contributed by atoms with Gasteiger partial charge in [-0.2, -0.15) is 0 Å². The van der Waals surface area contributed by atoms with Crippen molar-refractivity contribution in [2.24, 2.45) is 0 Å². The minimum atomic E-state index is 0.630. The number of aromatic nitrogens is 4. The molecule has 0 atom stereocenters. The van der Waals surface area contributed by atoms with Gasteiger partial charge in [0.1, 0.15) is 0 Å². The number of pyridine rings is 1. The van der Waals surface area contributed by atoms with Crippen LogP contribution >= 0.6 is 0 Å². The van der Waals surface area contributed by atoms with Crippen LogP contribution in [0.25, 0.3) is 122 Å². The number of benzene rings is 10. The van der Waals surface area contributed by atoms with Crippen LogP contribution in [0.15, 0.2) is 231 Å². The largest absolute Gasteiger partial charge is 0.248 e. The minimum Gasteiger partial charge on any atom is -0.248 e. The molecular weight excluding hydrogens is 777 g/mol. The van der Waals surface area contributed by atoms with Gasteiger partial charge in [-0.1, -0.05) is 194 Å². The van der Waals surface area contributed by atoms with Crippen molar-refractivity contribution in [3.8, 4) is 78.9 Å². The summed E-state index contributed by atoms with van der Waals surface area (Å²) in [4.78, 5) is 20.5. The van der Waals surface area contributed by atoms with Crippen molar-refractivity contribution in [3.63, 3.8) is 0 Å². The van der Waals surface area contributed by atoms with Crippen molar-refractivity contribution < 1.29 is 0 Å². The van der Waals surface area contributed by atoms with E-state index in [1.807, 2.05) is 0 Å². The molecule has 0 spiro atoms. The van der Waals surface area contributed by atoms with Gasteiger partial charge in [-0.3, -0.25) is 0 Å². The highest BCUT2D eigenvalue weighted by atomic mass is 15.0. The van der Waals surface area contributed by atoms with Crippen LogP contribution in [0.2, 0.25) is 0 Å². The number of hydrogen-bond acceptors (Lipinski definition) is 4. The SMILES string of the molecule is c1ccc2cc(-c3cc(-c4ccc(-c5ccc(-c6nc(-c7ccc8ccccc8c7)nc(-c7ccc8ccccc8c7)n6)cc5)cc4)cc(-c4ccc5ccccc5c4)n3)ccc2c1. The van der Waals surface area contributed by atoms with Gasteiger partial charge < -0.3 is 0 Å². The highest BCUT2D eigenvalue weighted by Crippen LogP contribution is 2.35. The maximum absolute atomic E-state index is 5.27. The predicted molar refractivity (Wildman–Crippen MR) is 266 cm³/mol. The van der Waals surface area contributed by atoms with Gasteiger partial charge in [-0.15, -0.1) is 0 Å². The fourth-order valence-electron chi connectivity index (χ4n) is 8.78. The highest BCUT2D eigenvalue weighted by Gasteiger charge is 2.15. The number of nitrogens with zero attached hydrogens (tertiary/aromatic N) is 4. The molecule has 4 nitrogen and oxygen atoms in total. The van der Waals surface area contributed by atoms with Crippen LogP contribution in [0.1, 0.15) is 0 Å². The molecule has 0 N–H and O–H groups in total. The second kappa shape index (κ2) is 15.7. The first-order valence-corrected chi connectivity index (χ1v) is 21.6. The molecule has 0 saturated heterocycles. The van der Waals surface area contributed by atoms with E-state index in [9.17, 15) is 0 Å². The molecule has 0 amide bonds. The van der Waals surface area contributed by atoms with Crippen LogP contribution in [-0.4, -0.2) is 19.9 Å². The van der Waals surface area contributed by atoms with Crippen molar-refractivity contribution in [1.82, 2.24) is 19.9 Å². The Labute approximate surface area is 370 Å². The molecule has 298 valence electrons. The lowest BCUT2D eigenvalue weighted by molar-refractivity contribution is 1.08. The van der Waals surface area contributed by atoms with E-state index < -0.39 is 0 Å². The Morgan fingerprint density at radius 3 is 0.812 bits per heavy atom. The van der Waals surface area contributed by atoms with Gasteiger partial charge in [0.2, 0.25) is 0 Å². The van der Waals surface area contributed by atoms with Gasteiger partial charge in [0, 0.05) is 27.8 Å². The van der Waals surface area contributed by atoms with Crippen LogP contribution in [0.3, 0.4) is 0 Å². The Morgan fingerprint density at radius 2 is 0.438 bits per heavy atom. The molecule has 0 radical (unpaired) electrons. The molecule has 0 saturated carbocycles. The number of fused-ring (bicyclic) bond motifs is 4. The van der Waals surface area contributed by atoms with E-state index in [4.69, 9.17) is 19.9 Å². The van der Waals surface area contributed by atoms with Crippen LogP contribution < -0.4 is 0 Å². The average molecular weight is 815 g/mol. The fraction of sp³-hybridized carbons (Fsp3) is 0. The molecule has 2 heterocycles. The van der Waals surface area contributed by atoms with Crippen LogP contribution in [-0.2, 0) is 0 Å². The summed E-state index contributed by atoms with van der Waals surface area (Å²) in [6.45, 7) is 0. The van der Waals surface area contributed by atoms with E-state index in [-0.39, 0.29) is 0 Å². The van der Waals surface area contributed by atoms with Crippen molar-refractivity contribution >= 4 is 43.1 Å². The van der Waals surface area contributed by atoms with Crippen LogP contribution in [0.5, 0.6) is 0 Å². The van der Waals surface area contributed by atoms with Gasteiger partial charge in [-0.05, 0) is 102 Å². The second-order valence-electron chi connectivity index (χ2n) is 16.3. The lowest BCUT2D eigenvalue weighted by Gasteiger charge is -2.12. The van der Waals surface area contributed by atoms with Gasteiger partial charge >= 0.3 is 0 Å². The summed E-state index contributed by atoms with van der Waals surface area (Å²) in [6.07, 6.45) is 0. The molecular formula is C60H38N4. The van der Waals surface area contributed by atoms with Crippen LogP contribution in [0, 0.1) is 0 Å². The summed E-state index contributed by atoms with van der Waals surface area (Å²) < 4.78 is 0. The summed E-state index contributed by atoms with van der Waals surface area (Å²) in [5.74, 6) is 1.91. The first kappa shape index (κ1) is 37.2. The molecule has 2 aromatic heterocycles. The second-order valence-corrected chi connectivity index (χ2v) is 16.3. The maximum atomic E-state index is 5.27. The third-order valence-electron chi connectivity index (χ3n) is 12.3. The summed E-state index contributed by atoms with van der Waals surface area (Å²) in [7, 11) is 0. The van der Waals surface area contributed by atoms with E-state index in [1.165, 1.54) is 32.3 Å². The normalized spacial score (nSPS) is 11.4. The summed E-state index contributed by atoms with van der Waals surface area (Å²) in [5, 5.41) is 9.46. The zero-order valence-electron chi connectivity index (χ0n) is 34.7. The topological polar surface area (TPSA) is 51.6 Å². The Balaban J connectivity index is 0.894. The van der Waals surface area contributed by atoms with Crippen molar-refractivity contribution in [2.45, 2.75) is 0 Å². The monoisotopic (exact) mass is 814 g/mol. The predicted octanol–water partition coefficient (Wildman–Crippen LogP) is 15.5. The maximum Gasteiger partial charge on any atom is 0.164 e. The van der Waals surface area contributed by atoms with Crippen LogP contribution in [0.4, 0.5) is 0 Å². The van der Waals surface area contributed by atoms with Gasteiger partial charge in [0.25, 0.3) is 0 Å². The molecule has 0 aliphatic heterocycles. The van der Waals surface area contributed by atoms with Crippen molar-refractivity contribution in [1.29, 1.82) is 0 Å². The average Bonchev–Trinajstić information content (AvgIpc) is 3.38. The zero-order chi connectivity index (χ0) is 42.4. The Hall–Kier alpha value is -8.60. The summed E-state index contributed by atoms with van der Waals surface area (Å²) >= 11 is 0. The summed E-state index contributed by atoms with van der Waals surface area (Å²) in [5.41, 5.74) is 11.4. The Kier molecular flexibility index (Phi) is 9.12. The third kappa shape index (κ3) is 7.13. The molecule has 12 aromatic rings. The Bertz CT molecular complexity index is 3280. The van der Waals surface area contributed by atoms with Crippen molar-refractivity contribution in [3.05, 3.63) is 231 Å². The van der Waals surface area contributed by atoms with E-state index in [0.29, 0.717) is 17.5 Å². The lowest BCUT2D eigenvalue weighted by Crippen LogP contribution is -2.00. The standard InChI is InChI=1S/C60H38N4/c1-5-13-47-33-51(29-23-39(47)9-1)56-37-55(38-57(61-56)52-30-24-40-10-2-6-14-48(40)34-52)45-19-17-43(18-20-45)44-21-27-46(28-22-44)58-62-59(53-31-25-41-11-3-7-15-49(41)35-53)64-60(63-58)54-32-26-42-12-4-8-16-50(42)36-54/h1-38H. The van der Waals surface area contributed by atoms with E-state index in [1.54, 1.807) is 0 Å². The quantitative estimate of drug-likeness (QED) is 0.161. The molecule has 0 unspecified atom stereocenters. The first-order valence-electron chi connectivity index (χ1n) is 21.6. The van der Waals surface area contributed by atoms with Gasteiger partial charge in [0.05, 0.1) is 11.4 Å². The Morgan fingerprint density at radius 1 is 0.172 bits per heavy atom. The number of rotatable bonds is 7. The first-order chi connectivity index (χ1) is 31.6. The van der Waals surface area contributed by atoms with Crippen molar-refractivity contribution in [2.75, 3.05) is 0 Å². The molecule has 0 aliphatic carbocycles. The zero-order valence-corrected chi connectivity index (χ0v) is 34.7. The smallest absolute Gasteiger partial charge is 0.164 e. The molecule has 12 rings (SSSR count). The molecule has 0 fully saturated rings. The van der Waals surface area contributed by atoms with Gasteiger partial charge in [0.15, 0.2) is 17.5 Å². The van der Waals surface area contributed by atoms with E-state index >= 15 is 0 Å². The lowest BCUT2D eigenvalue weighted by atomic mass is 9.96. The third-order valence-corrected chi connectivity index (χ3v) is 12.3. The molecule has 64 heavy (non-hydrogen) atoms. The summed E-state index contributed by atoms with van der Waals surface area (Å²) in [6, 6.07) is 81.5. The molecule has 0 bridgehead atoms. The van der Waals surface area contributed by atoms with E-state index in [0.717, 1.165) is 72.2 Å². The minimum absolute atomic E-state index is 0.630. The highest BCUT2D eigenvalue weighted by molar-refractivity contribution is 5.91. The molecule has 10 aromatic carbocycles. The van der Waals surface area contributed by atoms with Gasteiger partial charge in [-0.25, -0.2) is 19.9 Å².